The van der Waals surface area contributed by atoms with Gasteiger partial charge < -0.3 is 14.9 Å². The van der Waals surface area contributed by atoms with Gasteiger partial charge in [0.05, 0.1) is 6.20 Å². The molecule has 1 aromatic heterocycles. The molecule has 1 amide bonds. The van der Waals surface area contributed by atoms with E-state index < -0.39 is 5.60 Å². The number of carbonyl (C=O) groups is 1. The predicted molar refractivity (Wildman–Crippen MR) is 107 cm³/mol. The van der Waals surface area contributed by atoms with Crippen molar-refractivity contribution in [3.63, 3.8) is 0 Å². The van der Waals surface area contributed by atoms with Crippen molar-refractivity contribution in [1.29, 1.82) is 0 Å². The normalized spacial score (nSPS) is 23.4. The van der Waals surface area contributed by atoms with Gasteiger partial charge in [0.2, 0.25) is 0 Å². The van der Waals surface area contributed by atoms with Crippen LogP contribution in [0.5, 0.6) is 0 Å². The van der Waals surface area contributed by atoms with Gasteiger partial charge in [0, 0.05) is 58.2 Å². The number of hydrogen-bond acceptors (Lipinski definition) is 6. The number of carbonyl (C=O) groups excluding carboxylic acids is 1. The maximum atomic E-state index is 13.1. The summed E-state index contributed by atoms with van der Waals surface area (Å²) in [4.78, 5) is 27.5. The van der Waals surface area contributed by atoms with Crippen molar-refractivity contribution in [2.24, 2.45) is 0 Å². The van der Waals surface area contributed by atoms with Crippen LogP contribution in [0.1, 0.15) is 18.4 Å². The number of likely N-dealkylation sites (tertiary alicyclic amines) is 1. The van der Waals surface area contributed by atoms with E-state index in [4.69, 9.17) is 0 Å². The molecule has 0 aliphatic carbocycles. The van der Waals surface area contributed by atoms with E-state index in [1.807, 2.05) is 0 Å². The Morgan fingerprint density at radius 1 is 1.07 bits per heavy atom. The van der Waals surface area contributed by atoms with Gasteiger partial charge in [-0.2, -0.15) is 0 Å². The van der Waals surface area contributed by atoms with Gasteiger partial charge in [0.15, 0.2) is 5.60 Å². The first-order valence-electron chi connectivity index (χ1n) is 10.0. The van der Waals surface area contributed by atoms with Crippen LogP contribution < -0.4 is 4.90 Å². The zero-order valence-corrected chi connectivity index (χ0v) is 16.4. The van der Waals surface area contributed by atoms with Gasteiger partial charge in [-0.25, -0.2) is 9.37 Å². The molecular weight excluding hydrogens is 373 g/mol. The standard InChI is InChI=1S/C21H26FN5O2/c22-18-4-2-17(3-5-18)15-27-9-1-6-21(29,20(27)28)16-25-10-12-26(13-11-25)19-14-23-7-8-24-19/h2-5,7-8,14,29H,1,6,9-13,15-16H2/t21-/m1/s1. The molecule has 0 radical (unpaired) electrons. The van der Waals surface area contributed by atoms with E-state index in [0.717, 1.165) is 44.0 Å². The van der Waals surface area contributed by atoms with Gasteiger partial charge in [-0.05, 0) is 30.5 Å². The van der Waals surface area contributed by atoms with Crippen LogP contribution in [0.4, 0.5) is 10.2 Å². The molecule has 1 aromatic carbocycles. The number of rotatable bonds is 5. The zero-order valence-electron chi connectivity index (χ0n) is 16.4. The van der Waals surface area contributed by atoms with Crippen LogP contribution in [0.25, 0.3) is 0 Å². The van der Waals surface area contributed by atoms with Crippen molar-refractivity contribution < 1.29 is 14.3 Å². The summed E-state index contributed by atoms with van der Waals surface area (Å²) >= 11 is 0. The van der Waals surface area contributed by atoms with E-state index in [1.54, 1.807) is 35.6 Å². The average molecular weight is 399 g/mol. The molecule has 0 saturated carbocycles. The summed E-state index contributed by atoms with van der Waals surface area (Å²) in [6.07, 6.45) is 6.31. The van der Waals surface area contributed by atoms with Gasteiger partial charge in [0.1, 0.15) is 11.6 Å². The maximum absolute atomic E-state index is 13.1. The molecular formula is C21H26FN5O2. The minimum absolute atomic E-state index is 0.232. The summed E-state index contributed by atoms with van der Waals surface area (Å²) in [5.41, 5.74) is -0.505. The Balaban J connectivity index is 1.35. The smallest absolute Gasteiger partial charge is 0.256 e. The summed E-state index contributed by atoms with van der Waals surface area (Å²) in [5.74, 6) is 0.324. The van der Waals surface area contributed by atoms with E-state index in [1.165, 1.54) is 12.1 Å². The van der Waals surface area contributed by atoms with Crippen molar-refractivity contribution in [1.82, 2.24) is 19.8 Å². The number of nitrogens with zero attached hydrogens (tertiary/aromatic N) is 5. The highest BCUT2D eigenvalue weighted by atomic mass is 19.1. The average Bonchev–Trinajstić information content (AvgIpc) is 2.74. The monoisotopic (exact) mass is 399 g/mol. The summed E-state index contributed by atoms with van der Waals surface area (Å²) in [5, 5.41) is 11.1. The van der Waals surface area contributed by atoms with Gasteiger partial charge in [0.25, 0.3) is 5.91 Å². The van der Waals surface area contributed by atoms with Crippen LogP contribution in [0.2, 0.25) is 0 Å². The quantitative estimate of drug-likeness (QED) is 0.817. The lowest BCUT2D eigenvalue weighted by Crippen LogP contribution is -2.60. The summed E-state index contributed by atoms with van der Waals surface area (Å²) in [6, 6.07) is 6.16. The van der Waals surface area contributed by atoms with Crippen molar-refractivity contribution >= 4 is 11.7 Å². The second-order valence-corrected chi connectivity index (χ2v) is 7.82. The van der Waals surface area contributed by atoms with Gasteiger partial charge >= 0.3 is 0 Å². The highest BCUT2D eigenvalue weighted by Gasteiger charge is 2.43. The largest absolute Gasteiger partial charge is 0.379 e. The van der Waals surface area contributed by atoms with Crippen LogP contribution >= 0.6 is 0 Å². The SMILES string of the molecule is O=C1N(Cc2ccc(F)cc2)CCC[C@@]1(O)CN1CCN(c2cnccn2)CC1. The molecule has 8 heteroatoms. The lowest BCUT2D eigenvalue weighted by molar-refractivity contribution is -0.160. The van der Waals surface area contributed by atoms with Crippen LogP contribution in [0.15, 0.2) is 42.9 Å². The number of piperidine rings is 1. The Bertz CT molecular complexity index is 827. The van der Waals surface area contributed by atoms with Crippen molar-refractivity contribution in [2.75, 3.05) is 44.2 Å². The van der Waals surface area contributed by atoms with Crippen LogP contribution in [-0.2, 0) is 11.3 Å². The second-order valence-electron chi connectivity index (χ2n) is 7.82. The van der Waals surface area contributed by atoms with Crippen molar-refractivity contribution in [3.05, 3.63) is 54.2 Å². The topological polar surface area (TPSA) is 72.8 Å². The van der Waals surface area contributed by atoms with Crippen molar-refractivity contribution in [3.8, 4) is 0 Å². The minimum atomic E-state index is -1.37. The Labute approximate surface area is 169 Å². The molecule has 29 heavy (non-hydrogen) atoms. The molecule has 4 rings (SSSR count). The number of anilines is 1. The maximum Gasteiger partial charge on any atom is 0.256 e. The molecule has 2 aliphatic rings. The number of aromatic nitrogens is 2. The predicted octanol–water partition coefficient (Wildman–Crippen LogP) is 1.29. The lowest BCUT2D eigenvalue weighted by Gasteiger charge is -2.43. The molecule has 0 unspecified atom stereocenters. The first kappa shape index (κ1) is 19.7. The van der Waals surface area contributed by atoms with Crippen molar-refractivity contribution in [2.45, 2.75) is 25.0 Å². The third-order valence-corrected chi connectivity index (χ3v) is 5.72. The molecule has 1 N–H and O–H groups in total. The summed E-state index contributed by atoms with van der Waals surface area (Å²) in [7, 11) is 0. The third kappa shape index (κ3) is 4.54. The first-order chi connectivity index (χ1) is 14.0. The van der Waals surface area contributed by atoms with Gasteiger partial charge in [-0.1, -0.05) is 12.1 Å². The minimum Gasteiger partial charge on any atom is -0.379 e. The fourth-order valence-electron chi connectivity index (χ4n) is 4.13. The number of β-amino-alcohol motifs (C(OH)–C–C–N with tert-alkyl or cyclic N) is 1. The third-order valence-electron chi connectivity index (χ3n) is 5.72. The molecule has 0 spiro atoms. The number of hydrogen-bond donors (Lipinski definition) is 1. The highest BCUT2D eigenvalue weighted by Crippen LogP contribution is 2.26. The Morgan fingerprint density at radius 2 is 1.83 bits per heavy atom. The first-order valence-corrected chi connectivity index (χ1v) is 10.0. The molecule has 0 bridgehead atoms. The number of piperazine rings is 1. The van der Waals surface area contributed by atoms with E-state index in [-0.39, 0.29) is 11.7 Å². The highest BCUT2D eigenvalue weighted by molar-refractivity contribution is 5.86. The van der Waals surface area contributed by atoms with Crippen LogP contribution in [0.3, 0.4) is 0 Å². The van der Waals surface area contributed by atoms with E-state index in [9.17, 15) is 14.3 Å². The number of amides is 1. The Morgan fingerprint density at radius 3 is 2.52 bits per heavy atom. The summed E-state index contributed by atoms with van der Waals surface area (Å²) in [6.45, 7) is 4.40. The molecule has 3 heterocycles. The number of halogens is 1. The molecule has 2 fully saturated rings. The molecule has 2 saturated heterocycles. The number of benzene rings is 1. The Hall–Kier alpha value is -2.58. The summed E-state index contributed by atoms with van der Waals surface area (Å²) < 4.78 is 13.1. The molecule has 2 aromatic rings. The van der Waals surface area contributed by atoms with Crippen LogP contribution in [-0.4, -0.2) is 75.7 Å². The van der Waals surface area contributed by atoms with Crippen LogP contribution in [0, 0.1) is 5.82 Å². The van der Waals surface area contributed by atoms with Gasteiger partial charge in [-0.15, -0.1) is 0 Å². The van der Waals surface area contributed by atoms with E-state index >= 15 is 0 Å². The molecule has 1 atom stereocenters. The second kappa shape index (κ2) is 8.42. The number of aliphatic hydroxyl groups is 1. The van der Waals surface area contributed by atoms with E-state index in [2.05, 4.69) is 19.8 Å². The lowest BCUT2D eigenvalue weighted by atomic mass is 9.90. The Kier molecular flexibility index (Phi) is 5.73. The van der Waals surface area contributed by atoms with Gasteiger partial charge in [-0.3, -0.25) is 14.7 Å². The fourth-order valence-corrected chi connectivity index (χ4v) is 4.13. The van der Waals surface area contributed by atoms with E-state index in [0.29, 0.717) is 26.1 Å². The molecule has 7 nitrogen and oxygen atoms in total. The molecule has 2 aliphatic heterocycles. The fraction of sp³-hybridized carbons (Fsp3) is 0.476. The molecule has 154 valence electrons. The zero-order chi connectivity index (χ0) is 20.3.